The first-order valence-corrected chi connectivity index (χ1v) is 12.3. The number of halogens is 2. The van der Waals surface area contributed by atoms with Crippen LogP contribution in [-0.2, 0) is 11.3 Å². The number of methoxy groups -OCH3 is 1. The molecular formula is C27H26ClFN6O3. The summed E-state index contributed by atoms with van der Waals surface area (Å²) in [6.07, 6.45) is 6.55. The number of carbonyl (C=O) groups is 1. The Hall–Kier alpha value is -4.15. The van der Waals surface area contributed by atoms with Gasteiger partial charge < -0.3 is 29.6 Å². The third-order valence-electron chi connectivity index (χ3n) is 5.98. The second-order valence-electron chi connectivity index (χ2n) is 8.94. The molecule has 1 amide bonds. The molecule has 2 N–H and O–H groups in total. The van der Waals surface area contributed by atoms with Crippen LogP contribution in [0.4, 0.5) is 21.7 Å². The molecule has 3 heterocycles. The molecule has 38 heavy (non-hydrogen) atoms. The van der Waals surface area contributed by atoms with E-state index in [0.29, 0.717) is 36.1 Å². The van der Waals surface area contributed by atoms with Crippen molar-refractivity contribution in [3.63, 3.8) is 0 Å². The maximum Gasteiger partial charge on any atom is 0.248 e. The quantitative estimate of drug-likeness (QED) is 0.303. The molecular weight excluding hydrogens is 511 g/mol. The first kappa shape index (κ1) is 25.5. The van der Waals surface area contributed by atoms with Gasteiger partial charge in [0.2, 0.25) is 11.9 Å². The van der Waals surface area contributed by atoms with Crippen molar-refractivity contribution in [1.29, 1.82) is 0 Å². The van der Waals surface area contributed by atoms with Gasteiger partial charge in [-0.05, 0) is 26.2 Å². The second-order valence-corrected chi connectivity index (χ2v) is 9.35. The lowest BCUT2D eigenvalue weighted by Gasteiger charge is -2.16. The largest absolute Gasteiger partial charge is 0.494 e. The van der Waals surface area contributed by atoms with Gasteiger partial charge >= 0.3 is 0 Å². The van der Waals surface area contributed by atoms with Gasteiger partial charge in [0.1, 0.15) is 18.1 Å². The van der Waals surface area contributed by atoms with Crippen molar-refractivity contribution in [2.45, 2.75) is 6.54 Å². The van der Waals surface area contributed by atoms with Gasteiger partial charge in [-0.2, -0.15) is 0 Å². The highest BCUT2D eigenvalue weighted by atomic mass is 35.5. The fraction of sp³-hybridized carbons (Fsp3) is 0.222. The zero-order valence-electron chi connectivity index (χ0n) is 21.1. The normalized spacial score (nSPS) is 12.7. The van der Waals surface area contributed by atoms with Gasteiger partial charge in [0, 0.05) is 35.8 Å². The minimum absolute atomic E-state index is 0.0176. The van der Waals surface area contributed by atoms with Crippen LogP contribution in [0, 0.1) is 5.82 Å². The van der Waals surface area contributed by atoms with Crippen molar-refractivity contribution >= 4 is 45.7 Å². The van der Waals surface area contributed by atoms with E-state index in [-0.39, 0.29) is 17.4 Å². The molecule has 0 saturated carbocycles. The molecule has 0 spiro atoms. The minimum Gasteiger partial charge on any atom is -0.494 e. The Labute approximate surface area is 223 Å². The predicted octanol–water partition coefficient (Wildman–Crippen LogP) is 5.09. The van der Waals surface area contributed by atoms with Crippen molar-refractivity contribution in [1.82, 2.24) is 19.4 Å². The number of para-hydroxylation sites is 1. The summed E-state index contributed by atoms with van der Waals surface area (Å²) >= 11 is 6.54. The standard InChI is InChI=1S/C27H26ClFN6O3/c1-34(2)9-5-8-24(36)31-20-13-21(23(37-3)12-19(20)29)32-27-30-14-18(28)25(33-27)17-15-35-10-11-38-22-7-4-6-16(17)26(22)35/h4-8,12-15H,9-11H2,1-3H3,(H,31,36)(H,30,32,33)/b8-5+. The summed E-state index contributed by atoms with van der Waals surface area (Å²) in [6.45, 7) is 1.88. The third-order valence-corrected chi connectivity index (χ3v) is 6.26. The number of anilines is 3. The molecule has 4 aromatic rings. The van der Waals surface area contributed by atoms with Crippen LogP contribution in [0.2, 0.25) is 5.02 Å². The molecule has 0 fully saturated rings. The van der Waals surface area contributed by atoms with Gasteiger partial charge in [-0.25, -0.2) is 14.4 Å². The number of carbonyl (C=O) groups excluding carboxylic acids is 1. The van der Waals surface area contributed by atoms with E-state index in [9.17, 15) is 9.18 Å². The number of benzene rings is 2. The molecule has 2 aromatic heterocycles. The summed E-state index contributed by atoms with van der Waals surface area (Å²) in [7, 11) is 5.19. The van der Waals surface area contributed by atoms with E-state index in [4.69, 9.17) is 21.1 Å². The van der Waals surface area contributed by atoms with E-state index in [1.54, 1.807) is 6.08 Å². The molecule has 0 bridgehead atoms. The highest BCUT2D eigenvalue weighted by molar-refractivity contribution is 6.33. The zero-order valence-corrected chi connectivity index (χ0v) is 21.8. The first-order valence-electron chi connectivity index (χ1n) is 11.9. The van der Waals surface area contributed by atoms with Crippen molar-refractivity contribution in [3.05, 3.63) is 65.7 Å². The van der Waals surface area contributed by atoms with Crippen LogP contribution < -0.4 is 20.1 Å². The summed E-state index contributed by atoms with van der Waals surface area (Å²) in [5.74, 6) is 0.152. The molecule has 5 rings (SSSR count). The van der Waals surface area contributed by atoms with Crippen LogP contribution >= 0.6 is 11.6 Å². The number of likely N-dealkylation sites (N-methyl/N-ethyl adjacent to an activating group) is 1. The second kappa shape index (κ2) is 10.7. The summed E-state index contributed by atoms with van der Waals surface area (Å²) < 4.78 is 28.0. The topological polar surface area (TPSA) is 93.5 Å². The van der Waals surface area contributed by atoms with E-state index < -0.39 is 11.7 Å². The highest BCUT2D eigenvalue weighted by Crippen LogP contribution is 2.39. The van der Waals surface area contributed by atoms with Gasteiger partial charge in [-0.15, -0.1) is 0 Å². The molecule has 0 atom stereocenters. The Balaban J connectivity index is 1.47. The molecule has 9 nitrogen and oxygen atoms in total. The fourth-order valence-corrected chi connectivity index (χ4v) is 4.45. The van der Waals surface area contributed by atoms with E-state index in [1.807, 2.05) is 43.4 Å². The Kier molecular flexibility index (Phi) is 7.17. The zero-order chi connectivity index (χ0) is 26.8. The summed E-state index contributed by atoms with van der Waals surface area (Å²) in [4.78, 5) is 23.2. The number of ether oxygens (including phenoxy) is 2. The van der Waals surface area contributed by atoms with Crippen molar-refractivity contribution in [2.75, 3.05) is 45.0 Å². The lowest BCUT2D eigenvalue weighted by Crippen LogP contribution is -2.13. The minimum atomic E-state index is -0.643. The van der Waals surface area contributed by atoms with Crippen LogP contribution in [0.25, 0.3) is 22.2 Å². The average molecular weight is 537 g/mol. The monoisotopic (exact) mass is 536 g/mol. The third kappa shape index (κ3) is 5.13. The lowest BCUT2D eigenvalue weighted by atomic mass is 10.1. The number of nitrogens with one attached hydrogen (secondary N) is 2. The summed E-state index contributed by atoms with van der Waals surface area (Å²) in [5.41, 5.74) is 2.71. The van der Waals surface area contributed by atoms with Crippen molar-refractivity contribution < 1.29 is 18.7 Å². The van der Waals surface area contributed by atoms with E-state index in [0.717, 1.165) is 22.2 Å². The van der Waals surface area contributed by atoms with Crippen LogP contribution in [0.15, 0.2) is 54.9 Å². The number of rotatable bonds is 8. The van der Waals surface area contributed by atoms with Crippen LogP contribution in [0.1, 0.15) is 0 Å². The number of nitrogens with zero attached hydrogens (tertiary/aromatic N) is 4. The molecule has 11 heteroatoms. The highest BCUT2D eigenvalue weighted by Gasteiger charge is 2.21. The van der Waals surface area contributed by atoms with Crippen molar-refractivity contribution in [2.24, 2.45) is 0 Å². The number of aromatic nitrogens is 3. The van der Waals surface area contributed by atoms with Crippen LogP contribution in [0.5, 0.6) is 11.5 Å². The number of hydrogen-bond acceptors (Lipinski definition) is 7. The number of hydrogen-bond donors (Lipinski definition) is 2. The maximum absolute atomic E-state index is 14.7. The smallest absolute Gasteiger partial charge is 0.248 e. The van der Waals surface area contributed by atoms with E-state index in [1.165, 1.54) is 31.5 Å². The average Bonchev–Trinajstić information content (AvgIpc) is 3.27. The van der Waals surface area contributed by atoms with Gasteiger partial charge in [0.25, 0.3) is 0 Å². The summed E-state index contributed by atoms with van der Waals surface area (Å²) in [5, 5.41) is 6.97. The Morgan fingerprint density at radius 3 is 2.95 bits per heavy atom. The van der Waals surface area contributed by atoms with Gasteiger partial charge in [-0.3, -0.25) is 4.79 Å². The molecule has 0 unspecified atom stereocenters. The Morgan fingerprint density at radius 1 is 1.32 bits per heavy atom. The van der Waals surface area contributed by atoms with E-state index in [2.05, 4.69) is 25.2 Å². The molecule has 0 radical (unpaired) electrons. The molecule has 0 aliphatic carbocycles. The molecule has 196 valence electrons. The van der Waals surface area contributed by atoms with Crippen molar-refractivity contribution in [3.8, 4) is 22.8 Å². The van der Waals surface area contributed by atoms with Crippen LogP contribution in [-0.4, -0.2) is 59.7 Å². The number of amides is 1. The first-order chi connectivity index (χ1) is 18.3. The van der Waals surface area contributed by atoms with Gasteiger partial charge in [0.05, 0.1) is 47.5 Å². The fourth-order valence-electron chi connectivity index (χ4n) is 4.26. The van der Waals surface area contributed by atoms with Gasteiger partial charge in [0.15, 0.2) is 5.82 Å². The van der Waals surface area contributed by atoms with Gasteiger partial charge in [-0.1, -0.05) is 29.8 Å². The molecule has 2 aromatic carbocycles. The summed E-state index contributed by atoms with van der Waals surface area (Å²) in [6, 6.07) is 8.48. The SMILES string of the molecule is COc1cc(F)c(NC(=O)/C=C/CN(C)C)cc1Nc1ncc(Cl)c(-c2cn3c4c(cccc24)OCC3)n1. The predicted molar refractivity (Wildman–Crippen MR) is 146 cm³/mol. The molecule has 1 aliphatic heterocycles. The lowest BCUT2D eigenvalue weighted by molar-refractivity contribution is -0.111. The van der Waals surface area contributed by atoms with E-state index >= 15 is 0 Å². The Morgan fingerprint density at radius 2 is 2.16 bits per heavy atom. The Bertz CT molecular complexity index is 1550. The molecule has 1 aliphatic rings. The molecule has 0 saturated heterocycles. The maximum atomic E-state index is 14.7. The van der Waals surface area contributed by atoms with Crippen LogP contribution in [0.3, 0.4) is 0 Å².